The number of fused-ring (bicyclic) bond motifs is 6. The van der Waals surface area contributed by atoms with Gasteiger partial charge in [0.25, 0.3) is 0 Å². The Kier molecular flexibility index (Phi) is 7.74. The molecule has 0 aliphatic carbocycles. The van der Waals surface area contributed by atoms with Crippen LogP contribution in [0.3, 0.4) is 0 Å². The molecule has 0 unspecified atom stereocenters. The quantitative estimate of drug-likeness (QED) is 0.198. The second-order valence-electron chi connectivity index (χ2n) is 14.1. The molecule has 4 aromatic carbocycles. The number of aliphatic imine (C=N–C) groups is 3. The number of nitrogens with one attached hydrogen (secondary N) is 1. The largest absolute Gasteiger partial charge is 0.354 e. The average molecular weight is 671 g/mol. The van der Waals surface area contributed by atoms with E-state index in [1.54, 1.807) is 0 Å². The van der Waals surface area contributed by atoms with Crippen LogP contribution in [-0.4, -0.2) is 22.1 Å². The molecule has 0 spiro atoms. The zero-order chi connectivity index (χ0) is 35.3. The second kappa shape index (κ2) is 12.7. The smallest absolute Gasteiger partial charge is 0.0737 e. The van der Waals surface area contributed by atoms with Crippen LogP contribution in [0, 0.1) is 27.7 Å². The summed E-state index contributed by atoms with van der Waals surface area (Å²) in [5.74, 6) is 0. The van der Waals surface area contributed by atoms with E-state index in [-0.39, 0.29) is 0 Å². The van der Waals surface area contributed by atoms with Crippen LogP contribution in [0.4, 0.5) is 0 Å². The maximum atomic E-state index is 5.42. The van der Waals surface area contributed by atoms with Crippen LogP contribution in [0.5, 0.6) is 0 Å². The Labute approximate surface area is 304 Å². The molecule has 0 radical (unpaired) electrons. The van der Waals surface area contributed by atoms with E-state index in [1.807, 2.05) is 6.20 Å². The first-order valence-corrected chi connectivity index (χ1v) is 17.9. The molecule has 1 N–H and O–H groups in total. The monoisotopic (exact) mass is 670 g/mol. The van der Waals surface area contributed by atoms with Crippen LogP contribution in [-0.2, 0) is 0 Å². The van der Waals surface area contributed by atoms with Gasteiger partial charge in [-0.05, 0) is 92.0 Å². The molecule has 8 bridgehead atoms. The topological polar surface area (TPSA) is 52.9 Å². The fourth-order valence-electron chi connectivity index (χ4n) is 7.43. The molecular formula is C48H38N4. The van der Waals surface area contributed by atoms with Gasteiger partial charge in [-0.1, -0.05) is 119 Å². The number of aryl methyl sites for hydroxylation is 4. The highest BCUT2D eigenvalue weighted by Crippen LogP contribution is 2.39. The molecule has 4 nitrogen and oxygen atoms in total. The van der Waals surface area contributed by atoms with Crippen LogP contribution in [0.25, 0.3) is 22.3 Å². The Morgan fingerprint density at radius 3 is 1.25 bits per heavy atom. The third kappa shape index (κ3) is 5.72. The fourth-order valence-corrected chi connectivity index (χ4v) is 7.43. The van der Waals surface area contributed by atoms with Crippen molar-refractivity contribution >= 4 is 39.4 Å². The Bertz CT molecular complexity index is 2480. The van der Waals surface area contributed by atoms with Crippen LogP contribution in [0.2, 0.25) is 0 Å². The van der Waals surface area contributed by atoms with E-state index in [2.05, 4.69) is 166 Å². The summed E-state index contributed by atoms with van der Waals surface area (Å²) in [7, 11) is 0. The number of aromatic nitrogens is 1. The zero-order valence-electron chi connectivity index (χ0n) is 29.8. The molecular weight excluding hydrogens is 633 g/mol. The summed E-state index contributed by atoms with van der Waals surface area (Å²) in [6.45, 7) is 8.50. The van der Waals surface area contributed by atoms with Gasteiger partial charge in [-0.3, -0.25) is 4.99 Å². The van der Waals surface area contributed by atoms with Gasteiger partial charge in [0.1, 0.15) is 0 Å². The van der Waals surface area contributed by atoms with Crippen molar-refractivity contribution in [2.75, 3.05) is 0 Å². The number of hydrogen-bond acceptors (Lipinski definition) is 3. The van der Waals surface area contributed by atoms with Gasteiger partial charge >= 0.3 is 0 Å². The van der Waals surface area contributed by atoms with Crippen molar-refractivity contribution in [3.05, 3.63) is 212 Å². The summed E-state index contributed by atoms with van der Waals surface area (Å²) in [5, 5.41) is 2.00. The minimum Gasteiger partial charge on any atom is -0.354 e. The maximum Gasteiger partial charge on any atom is 0.0737 e. The van der Waals surface area contributed by atoms with Gasteiger partial charge in [-0.25, -0.2) is 9.98 Å². The van der Waals surface area contributed by atoms with Crippen LogP contribution < -0.4 is 10.7 Å². The summed E-state index contributed by atoms with van der Waals surface area (Å²) in [6, 6.07) is 39.3. The first-order chi connectivity index (χ1) is 25.4. The van der Waals surface area contributed by atoms with Crippen molar-refractivity contribution in [2.45, 2.75) is 34.1 Å². The van der Waals surface area contributed by atoms with Crippen molar-refractivity contribution in [3.63, 3.8) is 0 Å². The van der Waals surface area contributed by atoms with Gasteiger partial charge in [0.2, 0.25) is 0 Å². The molecule has 5 aromatic rings. The van der Waals surface area contributed by atoms with E-state index in [0.29, 0.717) is 6.42 Å². The first kappa shape index (κ1) is 31.6. The molecule has 0 saturated heterocycles. The first-order valence-electron chi connectivity index (χ1n) is 17.9. The van der Waals surface area contributed by atoms with Gasteiger partial charge in [0, 0.05) is 45.6 Å². The van der Waals surface area contributed by atoms with Gasteiger partial charge in [0.05, 0.1) is 28.5 Å². The number of rotatable bonds is 4. The van der Waals surface area contributed by atoms with Crippen LogP contribution in [0.15, 0.2) is 172 Å². The van der Waals surface area contributed by atoms with E-state index >= 15 is 0 Å². The van der Waals surface area contributed by atoms with Crippen LogP contribution in [0.1, 0.15) is 50.9 Å². The molecule has 4 aliphatic rings. The highest BCUT2D eigenvalue weighted by molar-refractivity contribution is 6.34. The third-order valence-corrected chi connectivity index (χ3v) is 10.2. The summed E-state index contributed by atoms with van der Waals surface area (Å²) in [6.07, 6.45) is 11.3. The molecule has 0 atom stereocenters. The van der Waals surface area contributed by atoms with Crippen molar-refractivity contribution in [3.8, 4) is 0 Å². The molecule has 0 saturated carbocycles. The summed E-state index contributed by atoms with van der Waals surface area (Å²) in [4.78, 5) is 19.8. The predicted molar refractivity (Wildman–Crippen MR) is 217 cm³/mol. The Morgan fingerprint density at radius 1 is 0.423 bits per heavy atom. The van der Waals surface area contributed by atoms with E-state index in [0.717, 1.165) is 89.3 Å². The number of benzene rings is 4. The molecule has 0 amide bonds. The Morgan fingerprint density at radius 2 is 0.808 bits per heavy atom. The summed E-state index contributed by atoms with van der Waals surface area (Å²) < 4.78 is 0. The fraction of sp³-hybridized carbons (Fsp3) is 0.104. The van der Waals surface area contributed by atoms with E-state index in [9.17, 15) is 0 Å². The average Bonchev–Trinajstić information content (AvgIpc) is 3.99. The minimum absolute atomic E-state index is 0.664. The minimum atomic E-state index is 0.664. The summed E-state index contributed by atoms with van der Waals surface area (Å²) >= 11 is 0. The lowest BCUT2D eigenvalue weighted by Crippen LogP contribution is -2.21. The van der Waals surface area contributed by atoms with Crippen LogP contribution >= 0.6 is 0 Å². The molecule has 0 fully saturated rings. The van der Waals surface area contributed by atoms with Gasteiger partial charge in [-0.2, -0.15) is 0 Å². The number of nitrogens with zero attached hydrogens (tertiary/aromatic N) is 3. The SMILES string of the molecule is Cc1ccc(C2=C3C=CC(=N3)C(c3ccc(C)cc3)=c3ccc([nH]3)=C(c3ccc(C)cc3)C3=NC(=C(c4ccc(C)cc4)C4=NC=C2C4)C=C3)cc1. The van der Waals surface area contributed by atoms with Crippen molar-refractivity contribution < 1.29 is 0 Å². The normalized spacial score (nSPS) is 16.5. The standard InChI is InChI=1S/C48H38N4/c1-29-5-13-33(14-6-29)45-37-27-44(49-28-37)48(36-19-11-32(4)12-20-36)43-26-25-42(52-43)47(35-17-9-31(3)10-18-35)41-24-23-40(51-41)46(39-22-21-38(45)50-39)34-15-7-30(2)8-16-34/h5-26,28,51H,27H2,1-4H3. The molecule has 5 heterocycles. The maximum absolute atomic E-state index is 5.42. The summed E-state index contributed by atoms with van der Waals surface area (Å²) in [5.41, 5.74) is 19.4. The molecule has 4 heteroatoms. The molecule has 1 aromatic heterocycles. The van der Waals surface area contributed by atoms with E-state index < -0.39 is 0 Å². The molecule has 52 heavy (non-hydrogen) atoms. The highest BCUT2D eigenvalue weighted by Gasteiger charge is 2.27. The highest BCUT2D eigenvalue weighted by atomic mass is 14.8. The van der Waals surface area contributed by atoms with Crippen molar-refractivity contribution in [2.24, 2.45) is 15.0 Å². The second-order valence-corrected chi connectivity index (χ2v) is 14.1. The third-order valence-electron chi connectivity index (χ3n) is 10.2. The van der Waals surface area contributed by atoms with Gasteiger partial charge in [0.15, 0.2) is 0 Å². The Hall–Kier alpha value is -6.39. The molecule has 9 rings (SSSR count). The predicted octanol–water partition coefficient (Wildman–Crippen LogP) is 9.23. The number of aromatic amines is 1. The van der Waals surface area contributed by atoms with Gasteiger partial charge < -0.3 is 4.98 Å². The lowest BCUT2D eigenvalue weighted by Gasteiger charge is -2.15. The number of allylic oxidation sites excluding steroid dienone is 7. The number of H-pyrrole nitrogens is 1. The molecule has 4 aliphatic heterocycles. The van der Waals surface area contributed by atoms with E-state index in [1.165, 1.54) is 22.3 Å². The van der Waals surface area contributed by atoms with Crippen molar-refractivity contribution in [1.29, 1.82) is 0 Å². The molecule has 250 valence electrons. The number of hydrogen-bond donors (Lipinski definition) is 1. The zero-order valence-corrected chi connectivity index (χ0v) is 29.8. The lowest BCUT2D eigenvalue weighted by atomic mass is 9.89. The Balaban J connectivity index is 1.38. The van der Waals surface area contributed by atoms with Gasteiger partial charge in [-0.15, -0.1) is 0 Å². The van der Waals surface area contributed by atoms with Crippen molar-refractivity contribution in [1.82, 2.24) is 4.98 Å². The lowest BCUT2D eigenvalue weighted by molar-refractivity contribution is 1.25. The van der Waals surface area contributed by atoms with E-state index in [4.69, 9.17) is 15.0 Å².